The van der Waals surface area contributed by atoms with Gasteiger partial charge < -0.3 is 15.1 Å². The SMILES string of the molecule is CC(=O)NCCC(=O)N1CCN(c2ccc(F)cc2)CC1. The summed E-state index contributed by atoms with van der Waals surface area (Å²) < 4.78 is 12.9. The highest BCUT2D eigenvalue weighted by Crippen LogP contribution is 2.17. The third-order valence-corrected chi connectivity index (χ3v) is 3.54. The standard InChI is InChI=1S/C15H20FN3O2/c1-12(20)17-7-6-15(21)19-10-8-18(9-11-19)14-4-2-13(16)3-5-14/h2-5H,6-11H2,1H3,(H,17,20). The van der Waals surface area contributed by atoms with Crippen molar-refractivity contribution >= 4 is 17.5 Å². The number of piperazine rings is 1. The van der Waals surface area contributed by atoms with Crippen molar-refractivity contribution in [3.8, 4) is 0 Å². The summed E-state index contributed by atoms with van der Waals surface area (Å²) in [5.41, 5.74) is 0.974. The van der Waals surface area contributed by atoms with Gasteiger partial charge in [-0.15, -0.1) is 0 Å². The minimum Gasteiger partial charge on any atom is -0.368 e. The molecule has 2 amide bonds. The topological polar surface area (TPSA) is 52.7 Å². The third kappa shape index (κ3) is 4.44. The summed E-state index contributed by atoms with van der Waals surface area (Å²) in [7, 11) is 0. The molecule has 0 aromatic heterocycles. The van der Waals surface area contributed by atoms with Crippen LogP contribution in [0, 0.1) is 5.82 Å². The van der Waals surface area contributed by atoms with E-state index in [9.17, 15) is 14.0 Å². The molecule has 1 aromatic rings. The Hall–Kier alpha value is -2.11. The van der Waals surface area contributed by atoms with Gasteiger partial charge in [0.25, 0.3) is 0 Å². The van der Waals surface area contributed by atoms with E-state index in [2.05, 4.69) is 10.2 Å². The van der Waals surface area contributed by atoms with Crippen LogP contribution in [-0.4, -0.2) is 49.4 Å². The van der Waals surface area contributed by atoms with Crippen molar-refractivity contribution in [1.29, 1.82) is 0 Å². The number of nitrogens with zero attached hydrogens (tertiary/aromatic N) is 2. The van der Waals surface area contributed by atoms with Crippen molar-refractivity contribution in [1.82, 2.24) is 10.2 Å². The van der Waals surface area contributed by atoms with Gasteiger partial charge in [0.15, 0.2) is 0 Å². The van der Waals surface area contributed by atoms with Gasteiger partial charge in [0.2, 0.25) is 11.8 Å². The molecule has 0 spiro atoms. The maximum absolute atomic E-state index is 12.9. The number of hydrogen-bond donors (Lipinski definition) is 1. The Morgan fingerprint density at radius 3 is 2.33 bits per heavy atom. The lowest BCUT2D eigenvalue weighted by molar-refractivity contribution is -0.131. The Bertz CT molecular complexity index is 496. The summed E-state index contributed by atoms with van der Waals surface area (Å²) >= 11 is 0. The molecule has 1 fully saturated rings. The molecule has 1 aliphatic rings. The number of hydrogen-bond acceptors (Lipinski definition) is 3. The van der Waals surface area contributed by atoms with Crippen LogP contribution in [0.2, 0.25) is 0 Å². The molecule has 21 heavy (non-hydrogen) atoms. The number of carbonyl (C=O) groups is 2. The molecule has 5 nitrogen and oxygen atoms in total. The predicted octanol–water partition coefficient (Wildman–Crippen LogP) is 1.00. The largest absolute Gasteiger partial charge is 0.368 e. The Labute approximate surface area is 123 Å². The third-order valence-electron chi connectivity index (χ3n) is 3.54. The Morgan fingerprint density at radius 2 is 1.76 bits per heavy atom. The predicted molar refractivity (Wildman–Crippen MR) is 78.5 cm³/mol. The van der Waals surface area contributed by atoms with Gasteiger partial charge in [0, 0.05) is 51.8 Å². The second-order valence-corrected chi connectivity index (χ2v) is 5.08. The van der Waals surface area contributed by atoms with Crippen molar-refractivity contribution in [2.45, 2.75) is 13.3 Å². The average molecular weight is 293 g/mol. The van der Waals surface area contributed by atoms with Gasteiger partial charge in [-0.2, -0.15) is 0 Å². The van der Waals surface area contributed by atoms with Crippen LogP contribution in [0.15, 0.2) is 24.3 Å². The molecule has 1 N–H and O–H groups in total. The van der Waals surface area contributed by atoms with Crippen molar-refractivity contribution in [3.05, 3.63) is 30.1 Å². The van der Waals surface area contributed by atoms with Crippen LogP contribution in [0.4, 0.5) is 10.1 Å². The van der Waals surface area contributed by atoms with Crippen LogP contribution in [0.5, 0.6) is 0 Å². The van der Waals surface area contributed by atoms with Gasteiger partial charge in [0.1, 0.15) is 5.82 Å². The molecule has 1 saturated heterocycles. The van der Waals surface area contributed by atoms with Crippen LogP contribution in [0.1, 0.15) is 13.3 Å². The zero-order valence-electron chi connectivity index (χ0n) is 12.1. The van der Waals surface area contributed by atoms with Crippen molar-refractivity contribution < 1.29 is 14.0 Å². The molecule has 1 aliphatic heterocycles. The number of nitrogens with one attached hydrogen (secondary N) is 1. The minimum atomic E-state index is -0.245. The summed E-state index contributed by atoms with van der Waals surface area (Å²) in [6.45, 7) is 4.58. The highest BCUT2D eigenvalue weighted by Gasteiger charge is 2.20. The number of rotatable bonds is 4. The van der Waals surface area contributed by atoms with E-state index in [1.807, 2.05) is 4.90 Å². The van der Waals surface area contributed by atoms with E-state index in [-0.39, 0.29) is 17.6 Å². The summed E-state index contributed by atoms with van der Waals surface area (Å²) in [6, 6.07) is 6.40. The van der Waals surface area contributed by atoms with Crippen LogP contribution < -0.4 is 10.2 Å². The smallest absolute Gasteiger partial charge is 0.224 e. The van der Waals surface area contributed by atoms with Crippen LogP contribution in [-0.2, 0) is 9.59 Å². The van der Waals surface area contributed by atoms with Crippen molar-refractivity contribution in [2.24, 2.45) is 0 Å². The summed E-state index contributed by atoms with van der Waals surface area (Å²) in [6.07, 6.45) is 0.329. The summed E-state index contributed by atoms with van der Waals surface area (Å²) in [5, 5.41) is 2.62. The molecule has 0 unspecified atom stereocenters. The first kappa shape index (κ1) is 15.3. The lowest BCUT2D eigenvalue weighted by Crippen LogP contribution is -2.49. The van der Waals surface area contributed by atoms with Crippen molar-refractivity contribution in [2.75, 3.05) is 37.6 Å². The molecule has 0 aliphatic carbocycles. The van der Waals surface area contributed by atoms with E-state index in [1.54, 1.807) is 12.1 Å². The minimum absolute atomic E-state index is 0.0579. The molecule has 0 radical (unpaired) electrons. The molecule has 114 valence electrons. The number of carbonyl (C=O) groups excluding carboxylic acids is 2. The van der Waals surface area contributed by atoms with E-state index < -0.39 is 0 Å². The molecule has 2 rings (SSSR count). The van der Waals surface area contributed by atoms with E-state index >= 15 is 0 Å². The molecule has 0 atom stereocenters. The maximum atomic E-state index is 12.9. The van der Waals surface area contributed by atoms with Crippen LogP contribution >= 0.6 is 0 Å². The van der Waals surface area contributed by atoms with E-state index in [0.717, 1.165) is 18.8 Å². The van der Waals surface area contributed by atoms with Gasteiger partial charge in [0.05, 0.1) is 0 Å². The lowest BCUT2D eigenvalue weighted by atomic mass is 10.2. The van der Waals surface area contributed by atoms with Gasteiger partial charge in [-0.05, 0) is 24.3 Å². The highest BCUT2D eigenvalue weighted by molar-refractivity contribution is 5.78. The maximum Gasteiger partial charge on any atom is 0.224 e. The first-order chi connectivity index (χ1) is 10.1. The van der Waals surface area contributed by atoms with Crippen molar-refractivity contribution in [3.63, 3.8) is 0 Å². The fraction of sp³-hybridized carbons (Fsp3) is 0.467. The normalized spacial score (nSPS) is 15.0. The summed E-state index contributed by atoms with van der Waals surface area (Å²) in [5.74, 6) is -0.308. The van der Waals surface area contributed by atoms with Gasteiger partial charge >= 0.3 is 0 Å². The zero-order chi connectivity index (χ0) is 15.2. The second-order valence-electron chi connectivity index (χ2n) is 5.08. The second kappa shape index (κ2) is 7.06. The fourth-order valence-electron chi connectivity index (χ4n) is 2.37. The monoisotopic (exact) mass is 293 g/mol. The Kier molecular flexibility index (Phi) is 5.14. The number of anilines is 1. The number of benzene rings is 1. The molecular weight excluding hydrogens is 273 g/mol. The summed E-state index contributed by atoms with van der Waals surface area (Å²) in [4.78, 5) is 26.7. The van der Waals surface area contributed by atoms with E-state index in [1.165, 1.54) is 19.1 Å². The average Bonchev–Trinajstić information content (AvgIpc) is 2.48. The van der Waals surface area contributed by atoms with E-state index in [4.69, 9.17) is 0 Å². The molecule has 0 saturated carbocycles. The fourth-order valence-corrected chi connectivity index (χ4v) is 2.37. The van der Waals surface area contributed by atoms with E-state index in [0.29, 0.717) is 26.1 Å². The molecule has 1 aromatic carbocycles. The number of halogens is 1. The molecular formula is C15H20FN3O2. The van der Waals surface area contributed by atoms with Gasteiger partial charge in [-0.3, -0.25) is 9.59 Å². The Morgan fingerprint density at radius 1 is 1.14 bits per heavy atom. The quantitative estimate of drug-likeness (QED) is 0.901. The van der Waals surface area contributed by atoms with Gasteiger partial charge in [-0.25, -0.2) is 4.39 Å². The lowest BCUT2D eigenvalue weighted by Gasteiger charge is -2.36. The highest BCUT2D eigenvalue weighted by atomic mass is 19.1. The Balaban J connectivity index is 1.78. The molecule has 1 heterocycles. The number of amides is 2. The zero-order valence-corrected chi connectivity index (χ0v) is 12.1. The molecule has 6 heteroatoms. The first-order valence-corrected chi connectivity index (χ1v) is 7.09. The molecule has 0 bridgehead atoms. The van der Waals surface area contributed by atoms with Crippen LogP contribution in [0.3, 0.4) is 0 Å². The first-order valence-electron chi connectivity index (χ1n) is 7.09. The van der Waals surface area contributed by atoms with Crippen LogP contribution in [0.25, 0.3) is 0 Å². The van der Waals surface area contributed by atoms with Gasteiger partial charge in [-0.1, -0.05) is 0 Å².